The highest BCUT2D eigenvalue weighted by Crippen LogP contribution is 2.05. The van der Waals surface area contributed by atoms with E-state index in [1.165, 1.54) is 0 Å². The molecule has 0 spiro atoms. The van der Waals surface area contributed by atoms with Gasteiger partial charge in [0.05, 0.1) is 13.1 Å². The zero-order chi connectivity index (χ0) is 13.4. The third kappa shape index (κ3) is 7.12. The van der Waals surface area contributed by atoms with E-state index in [0.717, 1.165) is 25.7 Å². The minimum atomic E-state index is -0.835. The topological polar surface area (TPSA) is 79.5 Å². The van der Waals surface area contributed by atoms with Gasteiger partial charge in [0, 0.05) is 6.42 Å². The van der Waals surface area contributed by atoms with Crippen molar-refractivity contribution in [3.8, 4) is 0 Å². The number of unbranched alkanes of at least 4 members (excludes halogenated alkanes) is 1. The number of aromatic nitrogens is 2. The second kappa shape index (κ2) is 9.75. The van der Waals surface area contributed by atoms with Crippen molar-refractivity contribution in [3.63, 3.8) is 0 Å². The van der Waals surface area contributed by atoms with E-state index in [-0.39, 0.29) is 19.0 Å². The van der Waals surface area contributed by atoms with Crippen molar-refractivity contribution in [3.05, 3.63) is 11.7 Å². The summed E-state index contributed by atoms with van der Waals surface area (Å²) in [7, 11) is 0. The maximum Gasteiger partial charge on any atom is 0.317 e. The highest BCUT2D eigenvalue weighted by Gasteiger charge is 2.13. The van der Waals surface area contributed by atoms with Crippen molar-refractivity contribution in [1.29, 1.82) is 0 Å². The molecule has 1 aromatic heterocycles. The predicted molar refractivity (Wildman–Crippen MR) is 73.4 cm³/mol. The third-order valence-corrected chi connectivity index (χ3v) is 2.52. The van der Waals surface area contributed by atoms with Crippen LogP contribution in [0.4, 0.5) is 0 Å². The lowest BCUT2D eigenvalue weighted by Crippen LogP contribution is -2.30. The van der Waals surface area contributed by atoms with E-state index in [2.05, 4.69) is 17.1 Å². The van der Waals surface area contributed by atoms with Crippen LogP contribution in [0.15, 0.2) is 4.52 Å². The van der Waals surface area contributed by atoms with Crippen LogP contribution in [0.3, 0.4) is 0 Å². The molecule has 0 unspecified atom stereocenters. The second-order valence-corrected chi connectivity index (χ2v) is 4.31. The Morgan fingerprint density at radius 1 is 1.37 bits per heavy atom. The SMILES string of the molecule is CCCCc1nc(CN(CCC)CC(=O)O)no1.Cl. The Balaban J connectivity index is 0.00000324. The lowest BCUT2D eigenvalue weighted by molar-refractivity contribution is -0.138. The molecule has 1 aromatic rings. The quantitative estimate of drug-likeness (QED) is 0.751. The molecular weight excluding hydrogens is 270 g/mol. The maximum absolute atomic E-state index is 10.7. The zero-order valence-electron chi connectivity index (χ0n) is 11.5. The van der Waals surface area contributed by atoms with Gasteiger partial charge in [-0.2, -0.15) is 4.98 Å². The van der Waals surface area contributed by atoms with Gasteiger partial charge in [-0.3, -0.25) is 9.69 Å². The molecule has 0 bridgehead atoms. The molecule has 1 rings (SSSR count). The number of carbonyl (C=O) groups is 1. The van der Waals surface area contributed by atoms with Crippen LogP contribution in [0, 0.1) is 0 Å². The van der Waals surface area contributed by atoms with Gasteiger partial charge < -0.3 is 9.63 Å². The molecule has 7 heteroatoms. The summed E-state index contributed by atoms with van der Waals surface area (Å²) in [5, 5.41) is 12.7. The first-order chi connectivity index (χ1) is 8.65. The Bertz CT molecular complexity index is 371. The van der Waals surface area contributed by atoms with Crippen molar-refractivity contribution in [2.45, 2.75) is 46.1 Å². The lowest BCUT2D eigenvalue weighted by atomic mass is 10.2. The van der Waals surface area contributed by atoms with Crippen LogP contribution in [0.5, 0.6) is 0 Å². The smallest absolute Gasteiger partial charge is 0.317 e. The van der Waals surface area contributed by atoms with Crippen molar-refractivity contribution in [1.82, 2.24) is 15.0 Å². The number of rotatable bonds is 9. The Morgan fingerprint density at radius 3 is 2.68 bits per heavy atom. The highest BCUT2D eigenvalue weighted by atomic mass is 35.5. The fraction of sp³-hybridized carbons (Fsp3) is 0.750. The summed E-state index contributed by atoms with van der Waals surface area (Å²) in [6.45, 7) is 5.26. The molecular formula is C12H22ClN3O3. The van der Waals surface area contributed by atoms with Crippen LogP contribution < -0.4 is 0 Å². The minimum absolute atomic E-state index is 0. The van der Waals surface area contributed by atoms with E-state index in [1.807, 2.05) is 6.92 Å². The predicted octanol–water partition coefficient (Wildman–Crippen LogP) is 2.13. The summed E-state index contributed by atoms with van der Waals surface area (Å²) in [6, 6.07) is 0. The van der Waals surface area contributed by atoms with Crippen LogP contribution in [-0.4, -0.2) is 39.2 Å². The third-order valence-electron chi connectivity index (χ3n) is 2.52. The molecule has 0 atom stereocenters. The van der Waals surface area contributed by atoms with E-state index < -0.39 is 5.97 Å². The van der Waals surface area contributed by atoms with Crippen LogP contribution in [0.1, 0.15) is 44.8 Å². The molecule has 0 fully saturated rings. The molecule has 0 radical (unpaired) electrons. The molecule has 6 nitrogen and oxygen atoms in total. The van der Waals surface area contributed by atoms with Crippen LogP contribution >= 0.6 is 12.4 Å². The van der Waals surface area contributed by atoms with Crippen molar-refractivity contribution >= 4 is 18.4 Å². The first-order valence-electron chi connectivity index (χ1n) is 6.41. The molecule has 0 aromatic carbocycles. The molecule has 1 N–H and O–H groups in total. The summed E-state index contributed by atoms with van der Waals surface area (Å²) in [5.41, 5.74) is 0. The van der Waals surface area contributed by atoms with E-state index >= 15 is 0 Å². The maximum atomic E-state index is 10.7. The molecule has 0 saturated heterocycles. The van der Waals surface area contributed by atoms with E-state index in [9.17, 15) is 4.79 Å². The Hall–Kier alpha value is -1.14. The number of hydrogen-bond acceptors (Lipinski definition) is 5. The van der Waals surface area contributed by atoms with Gasteiger partial charge in [-0.1, -0.05) is 25.4 Å². The summed E-state index contributed by atoms with van der Waals surface area (Å²) >= 11 is 0. The zero-order valence-corrected chi connectivity index (χ0v) is 12.3. The summed E-state index contributed by atoms with van der Waals surface area (Å²) in [4.78, 5) is 16.8. The van der Waals surface area contributed by atoms with E-state index in [0.29, 0.717) is 24.8 Å². The number of aliphatic carboxylic acids is 1. The van der Waals surface area contributed by atoms with Gasteiger partial charge >= 0.3 is 5.97 Å². The van der Waals surface area contributed by atoms with Gasteiger partial charge in [0.15, 0.2) is 5.82 Å². The van der Waals surface area contributed by atoms with Crippen LogP contribution in [0.25, 0.3) is 0 Å². The van der Waals surface area contributed by atoms with Gasteiger partial charge in [0.25, 0.3) is 0 Å². The first-order valence-corrected chi connectivity index (χ1v) is 6.41. The number of hydrogen-bond donors (Lipinski definition) is 1. The number of carboxylic acids is 1. The minimum Gasteiger partial charge on any atom is -0.480 e. The standard InChI is InChI=1S/C12H21N3O3.ClH/c1-3-5-6-11-13-10(14-18-11)8-15(7-4-2)9-12(16)17;/h3-9H2,1-2H3,(H,16,17);1H. The number of nitrogens with zero attached hydrogens (tertiary/aromatic N) is 3. The molecule has 0 saturated carbocycles. The van der Waals surface area contributed by atoms with Crippen LogP contribution in [-0.2, 0) is 17.8 Å². The van der Waals surface area contributed by atoms with Crippen molar-refractivity contribution < 1.29 is 14.4 Å². The van der Waals surface area contributed by atoms with Crippen LogP contribution in [0.2, 0.25) is 0 Å². The fourth-order valence-electron chi connectivity index (χ4n) is 1.71. The Labute approximate surface area is 119 Å². The molecule has 110 valence electrons. The van der Waals surface area contributed by atoms with Gasteiger partial charge in [0.2, 0.25) is 5.89 Å². The van der Waals surface area contributed by atoms with Gasteiger partial charge in [-0.25, -0.2) is 0 Å². The normalized spacial score (nSPS) is 10.5. The van der Waals surface area contributed by atoms with Gasteiger partial charge in [0.1, 0.15) is 0 Å². The molecule has 19 heavy (non-hydrogen) atoms. The Kier molecular flexibility index (Phi) is 9.16. The first kappa shape index (κ1) is 17.9. The van der Waals surface area contributed by atoms with E-state index in [4.69, 9.17) is 9.63 Å². The number of carboxylic acid groups (broad SMARTS) is 1. The second-order valence-electron chi connectivity index (χ2n) is 4.31. The molecule has 1 heterocycles. The monoisotopic (exact) mass is 291 g/mol. The van der Waals surface area contributed by atoms with Gasteiger partial charge in [-0.05, 0) is 19.4 Å². The molecule has 0 aliphatic rings. The number of halogens is 1. The van der Waals surface area contributed by atoms with Crippen molar-refractivity contribution in [2.24, 2.45) is 0 Å². The summed E-state index contributed by atoms with van der Waals surface area (Å²) in [5.74, 6) is 0.368. The lowest BCUT2D eigenvalue weighted by Gasteiger charge is -2.16. The fourth-order valence-corrected chi connectivity index (χ4v) is 1.71. The summed E-state index contributed by atoms with van der Waals surface area (Å²) < 4.78 is 5.12. The average molecular weight is 292 g/mol. The molecule has 0 amide bonds. The molecule has 0 aliphatic heterocycles. The average Bonchev–Trinajstić information content (AvgIpc) is 2.73. The largest absolute Gasteiger partial charge is 0.480 e. The molecule has 0 aliphatic carbocycles. The summed E-state index contributed by atoms with van der Waals surface area (Å²) in [6.07, 6.45) is 3.79. The van der Waals surface area contributed by atoms with Gasteiger partial charge in [-0.15, -0.1) is 12.4 Å². The number of aryl methyl sites for hydroxylation is 1. The highest BCUT2D eigenvalue weighted by molar-refractivity contribution is 5.85. The Morgan fingerprint density at radius 2 is 2.11 bits per heavy atom. The van der Waals surface area contributed by atoms with E-state index in [1.54, 1.807) is 4.90 Å². The van der Waals surface area contributed by atoms with Crippen molar-refractivity contribution in [2.75, 3.05) is 13.1 Å².